The predicted molar refractivity (Wildman–Crippen MR) is 115 cm³/mol. The quantitative estimate of drug-likeness (QED) is 0.413. The van der Waals surface area contributed by atoms with Crippen molar-refractivity contribution in [3.63, 3.8) is 0 Å². The highest BCUT2D eigenvalue weighted by molar-refractivity contribution is 5.85. The zero-order valence-corrected chi connectivity index (χ0v) is 17.0. The number of anilines is 1. The number of aromatic nitrogens is 3. The van der Waals surface area contributed by atoms with E-state index in [2.05, 4.69) is 25.7 Å². The van der Waals surface area contributed by atoms with E-state index in [1.807, 2.05) is 25.1 Å². The number of H-pyrrole nitrogens is 1. The molecule has 0 aliphatic rings. The molecule has 0 amide bonds. The molecule has 0 aliphatic carbocycles. The van der Waals surface area contributed by atoms with Crippen LogP contribution in [-0.2, 0) is 0 Å². The van der Waals surface area contributed by atoms with E-state index >= 15 is 0 Å². The van der Waals surface area contributed by atoms with Crippen LogP contribution in [0, 0.1) is 0 Å². The van der Waals surface area contributed by atoms with E-state index in [0.29, 0.717) is 29.4 Å². The molecule has 3 rings (SSSR count). The largest absolute Gasteiger partial charge is 0.497 e. The Hall–Kier alpha value is -3.88. The van der Waals surface area contributed by atoms with Gasteiger partial charge < -0.3 is 14.2 Å². The van der Waals surface area contributed by atoms with Crippen LogP contribution in [-0.4, -0.2) is 42.2 Å². The SMILES string of the molecule is CCCOc1c(/C=N/Nc2nnc(-c3ccc(OC)cc3)c(=O)[nH]2)cccc1OC. The fraction of sp³-hybridized carbons (Fsp3) is 0.238. The third-order valence-electron chi connectivity index (χ3n) is 4.11. The van der Waals surface area contributed by atoms with E-state index in [4.69, 9.17) is 14.2 Å². The van der Waals surface area contributed by atoms with Crippen molar-refractivity contribution in [1.29, 1.82) is 0 Å². The van der Waals surface area contributed by atoms with E-state index < -0.39 is 0 Å². The maximum Gasteiger partial charge on any atom is 0.279 e. The molecule has 30 heavy (non-hydrogen) atoms. The average Bonchev–Trinajstić information content (AvgIpc) is 2.78. The Morgan fingerprint density at radius 3 is 2.57 bits per heavy atom. The molecule has 0 spiro atoms. The number of methoxy groups -OCH3 is 2. The Kier molecular flexibility index (Phi) is 6.99. The van der Waals surface area contributed by atoms with Gasteiger partial charge in [-0.15, -0.1) is 10.2 Å². The summed E-state index contributed by atoms with van der Waals surface area (Å²) in [7, 11) is 3.16. The number of hydrogen-bond acceptors (Lipinski definition) is 8. The summed E-state index contributed by atoms with van der Waals surface area (Å²) in [6.07, 6.45) is 2.43. The molecule has 1 heterocycles. The molecule has 0 saturated heterocycles. The van der Waals surface area contributed by atoms with E-state index in [9.17, 15) is 4.79 Å². The van der Waals surface area contributed by atoms with Crippen LogP contribution < -0.4 is 25.2 Å². The maximum absolute atomic E-state index is 12.4. The maximum atomic E-state index is 12.4. The zero-order chi connectivity index (χ0) is 21.3. The van der Waals surface area contributed by atoms with Gasteiger partial charge in [0.15, 0.2) is 17.2 Å². The molecule has 0 aliphatic heterocycles. The molecular weight excluding hydrogens is 386 g/mol. The fourth-order valence-corrected chi connectivity index (χ4v) is 2.64. The Morgan fingerprint density at radius 2 is 1.90 bits per heavy atom. The minimum atomic E-state index is -0.388. The normalized spacial score (nSPS) is 10.8. The predicted octanol–water partition coefficient (Wildman–Crippen LogP) is 3.08. The van der Waals surface area contributed by atoms with Gasteiger partial charge >= 0.3 is 0 Å². The van der Waals surface area contributed by atoms with Crippen molar-refractivity contribution in [2.75, 3.05) is 26.3 Å². The Labute approximate surface area is 173 Å². The minimum absolute atomic E-state index is 0.118. The second kappa shape index (κ2) is 10.1. The highest BCUT2D eigenvalue weighted by Crippen LogP contribution is 2.30. The highest BCUT2D eigenvalue weighted by Gasteiger charge is 2.10. The second-order valence-corrected chi connectivity index (χ2v) is 6.18. The Bertz CT molecular complexity index is 1060. The van der Waals surface area contributed by atoms with Gasteiger partial charge in [-0.05, 0) is 42.8 Å². The van der Waals surface area contributed by atoms with Crippen LogP contribution in [0.2, 0.25) is 0 Å². The molecule has 0 fully saturated rings. The van der Waals surface area contributed by atoms with Crippen LogP contribution in [0.5, 0.6) is 17.2 Å². The van der Waals surface area contributed by atoms with E-state index in [1.165, 1.54) is 0 Å². The van der Waals surface area contributed by atoms with E-state index in [0.717, 1.165) is 12.0 Å². The number of benzene rings is 2. The van der Waals surface area contributed by atoms with Crippen molar-refractivity contribution in [2.45, 2.75) is 13.3 Å². The van der Waals surface area contributed by atoms with Crippen molar-refractivity contribution in [2.24, 2.45) is 5.10 Å². The molecule has 0 bridgehead atoms. The number of rotatable bonds is 9. The van der Waals surface area contributed by atoms with Crippen molar-refractivity contribution in [3.8, 4) is 28.5 Å². The molecule has 2 N–H and O–H groups in total. The molecule has 9 heteroatoms. The van der Waals surface area contributed by atoms with Crippen molar-refractivity contribution in [1.82, 2.24) is 15.2 Å². The molecule has 3 aromatic rings. The summed E-state index contributed by atoms with van der Waals surface area (Å²) in [5.41, 5.74) is 3.85. The van der Waals surface area contributed by atoms with Crippen LogP contribution in [0.15, 0.2) is 52.4 Å². The van der Waals surface area contributed by atoms with Crippen LogP contribution >= 0.6 is 0 Å². The summed E-state index contributed by atoms with van der Waals surface area (Å²) < 4.78 is 16.2. The first-order chi connectivity index (χ1) is 14.7. The summed E-state index contributed by atoms with van der Waals surface area (Å²) in [6.45, 7) is 2.58. The lowest BCUT2D eigenvalue weighted by atomic mass is 10.1. The Balaban J connectivity index is 1.75. The smallest absolute Gasteiger partial charge is 0.279 e. The summed E-state index contributed by atoms with van der Waals surface area (Å²) in [5, 5.41) is 12.1. The van der Waals surface area contributed by atoms with Crippen LogP contribution in [0.4, 0.5) is 5.95 Å². The first kappa shape index (κ1) is 20.8. The molecule has 0 unspecified atom stereocenters. The summed E-state index contributed by atoms with van der Waals surface area (Å²) in [5.74, 6) is 2.02. The molecule has 156 valence electrons. The first-order valence-corrected chi connectivity index (χ1v) is 9.36. The zero-order valence-electron chi connectivity index (χ0n) is 17.0. The fourth-order valence-electron chi connectivity index (χ4n) is 2.64. The summed E-state index contributed by atoms with van der Waals surface area (Å²) in [4.78, 5) is 15.0. The van der Waals surface area contributed by atoms with Gasteiger partial charge in [-0.3, -0.25) is 9.78 Å². The van der Waals surface area contributed by atoms with Gasteiger partial charge in [0.1, 0.15) is 5.75 Å². The number of nitrogens with one attached hydrogen (secondary N) is 2. The number of aromatic amines is 1. The molecule has 0 atom stereocenters. The van der Waals surface area contributed by atoms with Crippen LogP contribution in [0.1, 0.15) is 18.9 Å². The molecule has 0 saturated carbocycles. The molecule has 2 aromatic carbocycles. The van der Waals surface area contributed by atoms with Gasteiger partial charge in [-0.1, -0.05) is 13.0 Å². The highest BCUT2D eigenvalue weighted by atomic mass is 16.5. The molecule has 0 radical (unpaired) electrons. The van der Waals surface area contributed by atoms with Gasteiger partial charge in [0, 0.05) is 11.1 Å². The monoisotopic (exact) mass is 409 g/mol. The summed E-state index contributed by atoms with van der Waals surface area (Å²) >= 11 is 0. The number of para-hydroxylation sites is 1. The average molecular weight is 409 g/mol. The third-order valence-corrected chi connectivity index (χ3v) is 4.11. The molecule has 9 nitrogen and oxygen atoms in total. The number of hydrogen-bond donors (Lipinski definition) is 2. The van der Waals surface area contributed by atoms with Crippen LogP contribution in [0.25, 0.3) is 11.3 Å². The number of nitrogens with zero attached hydrogens (tertiary/aromatic N) is 3. The second-order valence-electron chi connectivity index (χ2n) is 6.18. The van der Waals surface area contributed by atoms with Crippen molar-refractivity contribution < 1.29 is 14.2 Å². The number of hydrazone groups is 1. The van der Waals surface area contributed by atoms with Gasteiger partial charge in [0.25, 0.3) is 5.56 Å². The standard InChI is InChI=1S/C21H23N5O4/c1-4-12-30-19-15(6-5-7-17(19)29-3)13-22-25-21-23-20(27)18(24-26-21)14-8-10-16(28-2)11-9-14/h5-11,13H,4,12H2,1-3H3,(H2,23,25,26,27)/b22-13+. The van der Waals surface area contributed by atoms with Gasteiger partial charge in [0.2, 0.25) is 5.95 Å². The van der Waals surface area contributed by atoms with E-state index in [-0.39, 0.29) is 17.2 Å². The van der Waals surface area contributed by atoms with E-state index in [1.54, 1.807) is 44.7 Å². The lowest BCUT2D eigenvalue weighted by Gasteiger charge is -2.12. The van der Waals surface area contributed by atoms with Crippen molar-refractivity contribution >= 4 is 12.2 Å². The van der Waals surface area contributed by atoms with Gasteiger partial charge in [-0.25, -0.2) is 5.43 Å². The van der Waals surface area contributed by atoms with Gasteiger partial charge in [-0.2, -0.15) is 5.10 Å². The van der Waals surface area contributed by atoms with Crippen LogP contribution in [0.3, 0.4) is 0 Å². The lowest BCUT2D eigenvalue weighted by molar-refractivity contribution is 0.294. The number of ether oxygens (including phenoxy) is 3. The topological polar surface area (TPSA) is 111 Å². The molecular formula is C21H23N5O4. The minimum Gasteiger partial charge on any atom is -0.497 e. The molecule has 1 aromatic heterocycles. The van der Waals surface area contributed by atoms with Crippen molar-refractivity contribution in [3.05, 3.63) is 58.4 Å². The lowest BCUT2D eigenvalue weighted by Crippen LogP contribution is -2.15. The van der Waals surface area contributed by atoms with Gasteiger partial charge in [0.05, 0.1) is 27.0 Å². The third kappa shape index (κ3) is 4.93. The summed E-state index contributed by atoms with van der Waals surface area (Å²) in [6, 6.07) is 12.5. The Morgan fingerprint density at radius 1 is 1.10 bits per heavy atom. The first-order valence-electron chi connectivity index (χ1n) is 9.36.